The Kier molecular flexibility index (Phi) is 5.24. The van der Waals surface area contributed by atoms with E-state index in [0.717, 1.165) is 31.8 Å². The van der Waals surface area contributed by atoms with Crippen LogP contribution in [0.5, 0.6) is 0 Å². The Morgan fingerprint density at radius 1 is 1.30 bits per heavy atom. The molecular weight excluding hydrogens is 254 g/mol. The zero-order valence-corrected chi connectivity index (χ0v) is 12.2. The first-order valence-electron chi connectivity index (χ1n) is 7.23. The summed E-state index contributed by atoms with van der Waals surface area (Å²) in [7, 11) is 0. The summed E-state index contributed by atoms with van der Waals surface area (Å²) in [5.41, 5.74) is 1.97. The van der Waals surface area contributed by atoms with Gasteiger partial charge in [0.2, 0.25) is 0 Å². The van der Waals surface area contributed by atoms with Crippen molar-refractivity contribution < 1.29 is 9.53 Å². The van der Waals surface area contributed by atoms with Crippen molar-refractivity contribution in [1.29, 1.82) is 0 Å². The molecule has 5 heteroatoms. The van der Waals surface area contributed by atoms with Gasteiger partial charge < -0.3 is 20.3 Å². The quantitative estimate of drug-likeness (QED) is 0.869. The smallest absolute Gasteiger partial charge is 0.319 e. The molecule has 0 saturated carbocycles. The molecule has 1 aromatic carbocycles. The second-order valence-electron chi connectivity index (χ2n) is 4.88. The molecule has 1 unspecified atom stereocenters. The summed E-state index contributed by atoms with van der Waals surface area (Å²) in [6, 6.07) is 7.88. The molecule has 1 aromatic rings. The van der Waals surface area contributed by atoms with Crippen molar-refractivity contribution in [2.75, 3.05) is 36.5 Å². The molecule has 0 bridgehead atoms. The van der Waals surface area contributed by atoms with Crippen molar-refractivity contribution in [3.63, 3.8) is 0 Å². The summed E-state index contributed by atoms with van der Waals surface area (Å²) in [6.45, 7) is 7.55. The molecule has 1 atom stereocenters. The highest BCUT2D eigenvalue weighted by molar-refractivity contribution is 5.89. The SMILES string of the molecule is CCN(CC)c1ccc(NC(=O)NC2CCOC2)cc1. The number of benzene rings is 1. The van der Waals surface area contributed by atoms with Gasteiger partial charge in [-0.05, 0) is 44.5 Å². The van der Waals surface area contributed by atoms with E-state index in [2.05, 4.69) is 29.4 Å². The summed E-state index contributed by atoms with van der Waals surface area (Å²) in [4.78, 5) is 14.1. The average molecular weight is 277 g/mol. The van der Waals surface area contributed by atoms with Crippen molar-refractivity contribution in [1.82, 2.24) is 5.32 Å². The minimum atomic E-state index is -0.170. The molecule has 1 heterocycles. The molecule has 20 heavy (non-hydrogen) atoms. The summed E-state index contributed by atoms with van der Waals surface area (Å²) in [5.74, 6) is 0. The standard InChI is InChI=1S/C15H23N3O2/c1-3-18(4-2)14-7-5-12(6-8-14)16-15(19)17-13-9-10-20-11-13/h5-8,13H,3-4,9-11H2,1-2H3,(H2,16,17,19). The molecule has 0 spiro atoms. The maximum Gasteiger partial charge on any atom is 0.319 e. The number of urea groups is 1. The number of anilines is 2. The van der Waals surface area contributed by atoms with E-state index in [9.17, 15) is 4.79 Å². The third-order valence-corrected chi connectivity index (χ3v) is 3.52. The lowest BCUT2D eigenvalue weighted by Gasteiger charge is -2.21. The fraction of sp³-hybridized carbons (Fsp3) is 0.533. The topological polar surface area (TPSA) is 53.6 Å². The predicted molar refractivity (Wildman–Crippen MR) is 81.4 cm³/mol. The maximum atomic E-state index is 11.8. The van der Waals surface area contributed by atoms with Crippen LogP contribution in [-0.4, -0.2) is 38.4 Å². The summed E-state index contributed by atoms with van der Waals surface area (Å²) in [5, 5.41) is 5.75. The van der Waals surface area contributed by atoms with Crippen LogP contribution < -0.4 is 15.5 Å². The Morgan fingerprint density at radius 3 is 2.55 bits per heavy atom. The Morgan fingerprint density at radius 2 is 2.00 bits per heavy atom. The van der Waals surface area contributed by atoms with Crippen LogP contribution in [0.1, 0.15) is 20.3 Å². The number of carbonyl (C=O) groups is 1. The van der Waals surface area contributed by atoms with Gasteiger partial charge in [-0.3, -0.25) is 0 Å². The predicted octanol–water partition coefficient (Wildman–Crippen LogP) is 2.44. The molecule has 2 amide bonds. The Balaban J connectivity index is 1.87. The Hall–Kier alpha value is -1.75. The van der Waals surface area contributed by atoms with Crippen molar-refractivity contribution in [3.05, 3.63) is 24.3 Å². The lowest BCUT2D eigenvalue weighted by molar-refractivity contribution is 0.189. The number of rotatable bonds is 5. The van der Waals surface area contributed by atoms with Gasteiger partial charge in [0.05, 0.1) is 12.6 Å². The van der Waals surface area contributed by atoms with Gasteiger partial charge in [-0.25, -0.2) is 4.79 Å². The van der Waals surface area contributed by atoms with Crippen LogP contribution in [0.2, 0.25) is 0 Å². The monoisotopic (exact) mass is 277 g/mol. The lowest BCUT2D eigenvalue weighted by Crippen LogP contribution is -2.38. The van der Waals surface area contributed by atoms with Gasteiger partial charge >= 0.3 is 6.03 Å². The third kappa shape index (κ3) is 3.87. The van der Waals surface area contributed by atoms with E-state index in [1.807, 2.05) is 24.3 Å². The largest absolute Gasteiger partial charge is 0.379 e. The molecule has 2 rings (SSSR count). The van der Waals surface area contributed by atoms with Crippen LogP contribution in [0.3, 0.4) is 0 Å². The van der Waals surface area contributed by atoms with Crippen LogP contribution in [0, 0.1) is 0 Å². The molecule has 0 radical (unpaired) electrons. The van der Waals surface area contributed by atoms with Crippen LogP contribution in [0.25, 0.3) is 0 Å². The lowest BCUT2D eigenvalue weighted by atomic mass is 10.2. The zero-order valence-electron chi connectivity index (χ0n) is 12.2. The number of nitrogens with one attached hydrogen (secondary N) is 2. The molecule has 1 aliphatic heterocycles. The average Bonchev–Trinajstić information content (AvgIpc) is 2.94. The Bertz CT molecular complexity index is 423. The summed E-state index contributed by atoms with van der Waals surface area (Å²) >= 11 is 0. The van der Waals surface area contributed by atoms with Crippen LogP contribution in [-0.2, 0) is 4.74 Å². The summed E-state index contributed by atoms with van der Waals surface area (Å²) in [6.07, 6.45) is 0.883. The second kappa shape index (κ2) is 7.14. The van der Waals surface area contributed by atoms with Crippen molar-refractivity contribution in [2.24, 2.45) is 0 Å². The molecule has 5 nitrogen and oxygen atoms in total. The number of nitrogens with zero attached hydrogens (tertiary/aromatic N) is 1. The van der Waals surface area contributed by atoms with Gasteiger partial charge in [0.1, 0.15) is 0 Å². The molecular formula is C15H23N3O2. The highest BCUT2D eigenvalue weighted by atomic mass is 16.5. The van der Waals surface area contributed by atoms with Gasteiger partial charge in [0.25, 0.3) is 0 Å². The molecule has 0 aliphatic carbocycles. The van der Waals surface area contributed by atoms with E-state index in [0.29, 0.717) is 6.61 Å². The van der Waals surface area contributed by atoms with E-state index in [1.165, 1.54) is 5.69 Å². The van der Waals surface area contributed by atoms with Crippen LogP contribution in [0.4, 0.5) is 16.2 Å². The van der Waals surface area contributed by atoms with Gasteiger partial charge in [-0.1, -0.05) is 0 Å². The number of hydrogen-bond acceptors (Lipinski definition) is 3. The number of ether oxygens (including phenoxy) is 1. The minimum Gasteiger partial charge on any atom is -0.379 e. The first-order chi connectivity index (χ1) is 9.72. The van der Waals surface area contributed by atoms with Crippen LogP contribution in [0.15, 0.2) is 24.3 Å². The van der Waals surface area contributed by atoms with E-state index in [-0.39, 0.29) is 12.1 Å². The normalized spacial score (nSPS) is 17.8. The molecule has 0 aromatic heterocycles. The number of hydrogen-bond donors (Lipinski definition) is 2. The van der Waals surface area contributed by atoms with E-state index in [4.69, 9.17) is 4.74 Å². The highest BCUT2D eigenvalue weighted by Gasteiger charge is 2.17. The van der Waals surface area contributed by atoms with E-state index >= 15 is 0 Å². The molecule has 110 valence electrons. The van der Waals surface area contributed by atoms with Gasteiger partial charge in [0.15, 0.2) is 0 Å². The molecule has 2 N–H and O–H groups in total. The number of amides is 2. The van der Waals surface area contributed by atoms with Crippen molar-refractivity contribution in [3.8, 4) is 0 Å². The molecule has 1 saturated heterocycles. The van der Waals surface area contributed by atoms with E-state index in [1.54, 1.807) is 0 Å². The van der Waals surface area contributed by atoms with Gasteiger partial charge in [-0.2, -0.15) is 0 Å². The van der Waals surface area contributed by atoms with E-state index < -0.39 is 0 Å². The second-order valence-corrected chi connectivity index (χ2v) is 4.88. The summed E-state index contributed by atoms with van der Waals surface area (Å²) < 4.78 is 5.23. The fourth-order valence-electron chi connectivity index (χ4n) is 2.35. The first-order valence-corrected chi connectivity index (χ1v) is 7.23. The van der Waals surface area contributed by atoms with Crippen molar-refractivity contribution in [2.45, 2.75) is 26.3 Å². The van der Waals surface area contributed by atoms with Gasteiger partial charge in [0, 0.05) is 31.1 Å². The van der Waals surface area contributed by atoms with Crippen molar-refractivity contribution >= 4 is 17.4 Å². The molecule has 1 fully saturated rings. The zero-order chi connectivity index (χ0) is 14.4. The Labute approximate surface area is 120 Å². The fourth-order valence-corrected chi connectivity index (χ4v) is 2.35. The maximum absolute atomic E-state index is 11.8. The first kappa shape index (κ1) is 14.7. The van der Waals surface area contributed by atoms with Gasteiger partial charge in [-0.15, -0.1) is 0 Å². The minimum absolute atomic E-state index is 0.130. The number of carbonyl (C=O) groups excluding carboxylic acids is 1. The third-order valence-electron chi connectivity index (χ3n) is 3.52. The highest BCUT2D eigenvalue weighted by Crippen LogP contribution is 2.17. The van der Waals surface area contributed by atoms with Crippen LogP contribution >= 0.6 is 0 Å². The molecule has 1 aliphatic rings.